The van der Waals surface area contributed by atoms with E-state index in [-0.39, 0.29) is 48.7 Å². The number of benzene rings is 14. The van der Waals surface area contributed by atoms with Gasteiger partial charge in [-0.05, 0) is 306 Å². The molecule has 0 radical (unpaired) electrons. The van der Waals surface area contributed by atoms with E-state index in [2.05, 4.69) is 527 Å². The minimum absolute atomic E-state index is 0.00974. The summed E-state index contributed by atoms with van der Waals surface area (Å²) in [5, 5.41) is 2.26. The normalized spacial score (nSPS) is 14.1. The minimum atomic E-state index is -0.529. The monoisotopic (exact) mass is 1920 g/mol. The van der Waals surface area contributed by atoms with Gasteiger partial charge >= 0.3 is 0 Å². The van der Waals surface area contributed by atoms with Crippen LogP contribution >= 0.6 is 0 Å². The highest BCUT2D eigenvalue weighted by molar-refractivity contribution is 6.06. The van der Waals surface area contributed by atoms with E-state index in [1.165, 1.54) is 211 Å². The minimum Gasteiger partial charge on any atom is -0.310 e. The van der Waals surface area contributed by atoms with Crippen molar-refractivity contribution in [3.05, 3.63) is 457 Å². The molecule has 0 amide bonds. The van der Waals surface area contributed by atoms with Crippen molar-refractivity contribution < 1.29 is 0 Å². The third-order valence-corrected chi connectivity index (χ3v) is 36.6. The quantitative estimate of drug-likeness (QED) is 0.0367. The van der Waals surface area contributed by atoms with E-state index in [9.17, 15) is 0 Å². The lowest BCUT2D eigenvalue weighted by Gasteiger charge is -2.46. The average molecular weight is 1920 g/mol. The van der Waals surface area contributed by atoms with Gasteiger partial charge in [-0.3, -0.25) is 0 Å². The van der Waals surface area contributed by atoms with E-state index in [0.29, 0.717) is 0 Å². The summed E-state index contributed by atoms with van der Waals surface area (Å²) in [6, 6.07) is 136. The summed E-state index contributed by atoms with van der Waals surface area (Å²) in [7, 11) is 0. The Morgan fingerprint density at radius 2 is 0.527 bits per heavy atom. The Bertz CT molecular complexity index is 7160. The third-order valence-electron chi connectivity index (χ3n) is 36.6. The van der Waals surface area contributed by atoms with Gasteiger partial charge in [0, 0.05) is 61.4 Å². The van der Waals surface area contributed by atoms with Gasteiger partial charge in [-0.1, -0.05) is 486 Å². The Balaban J connectivity index is 0.674. The number of hydrogen-bond donors (Lipinski definition) is 0. The van der Waals surface area contributed by atoms with Gasteiger partial charge in [-0.2, -0.15) is 0 Å². The number of anilines is 9. The summed E-state index contributed by atoms with van der Waals surface area (Å²) in [5.41, 5.74) is 40.4. The molecule has 0 spiro atoms. The fraction of sp³-hybridized carbons (Fsp3) is 0.357. The Hall–Kier alpha value is -12.6. The van der Waals surface area contributed by atoms with E-state index in [1.54, 1.807) is 11.1 Å². The lowest BCUT2D eigenvalue weighted by Crippen LogP contribution is -2.42. The number of nitrogens with zero attached hydrogens (tertiary/aromatic N) is 3. The van der Waals surface area contributed by atoms with Crippen molar-refractivity contribution in [2.45, 2.75) is 329 Å². The van der Waals surface area contributed by atoms with Crippen LogP contribution in [0.4, 0.5) is 51.2 Å². The van der Waals surface area contributed by atoms with Gasteiger partial charge < -0.3 is 14.7 Å². The maximum atomic E-state index is 2.78. The molecule has 18 rings (SSSR count). The first-order valence-corrected chi connectivity index (χ1v) is 55.5. The van der Waals surface area contributed by atoms with E-state index in [1.807, 2.05) is 0 Å². The van der Waals surface area contributed by atoms with Crippen LogP contribution in [0.2, 0.25) is 0 Å². The van der Waals surface area contributed by atoms with Crippen LogP contribution in [-0.2, 0) is 67.0 Å². The largest absolute Gasteiger partial charge is 0.310 e. The maximum Gasteiger partial charge on any atom is 0.0713 e. The number of fused-ring (bicyclic) bond motifs is 8. The van der Waals surface area contributed by atoms with Gasteiger partial charge in [0.15, 0.2) is 0 Å². The molecule has 3 aliphatic carbocycles. The smallest absolute Gasteiger partial charge is 0.0713 e. The number of hydrogen-bond acceptors (Lipinski definition) is 3. The molecule has 146 heavy (non-hydrogen) atoms. The molecule has 1 unspecified atom stereocenters. The molecule has 0 aromatic heterocycles. The Labute approximate surface area is 879 Å². The topological polar surface area (TPSA) is 9.72 Å². The van der Waals surface area contributed by atoms with Gasteiger partial charge in [-0.25, -0.2) is 0 Å². The summed E-state index contributed by atoms with van der Waals surface area (Å²) < 4.78 is 0. The standard InChI is InChI=1S/C143H163N3/c1-25-28-30-32-36-42-92-142(93-43-37-33-31-29-26-2)128-96-112(138(18,19)136(14,15)107-67-84-120(85-68-107)146(118-77-54-102(7)55-78-118)133-47-39-35-34-38-46-132(126-44-40-41-45-127(126)133)145(117-75-52-101(6)53-76-117)119-80-63-105(64-81-119)134(8,9)10)72-89-122(128)123-90-74-114(97-129(123)142)140(22,23)141(24,27-3)108-69-86-116(87-70-108)144(121-79-58-103-56-57-104(103)94-121)115-82-65-106(66-83-115)137(16,17)139(20,21)113-73-91-125-124-88-71-111(135(11,12)13)95-130(124)143(131(125)98-113,109-59-48-99(4)49-60-109)110-61-50-100(5)51-62-110/h34-35,38-41,44-55,58-91,94-98H,25-33,36-37,42-43,56-57,92-93H2,1-24H3. The zero-order chi connectivity index (χ0) is 103. The number of unbranched alkanes of at least 4 members (excludes halogenated alkanes) is 10. The van der Waals surface area contributed by atoms with E-state index < -0.39 is 5.41 Å². The van der Waals surface area contributed by atoms with Crippen molar-refractivity contribution in [2.24, 2.45) is 0 Å². The molecule has 750 valence electrons. The molecule has 15 aromatic carbocycles. The highest BCUT2D eigenvalue weighted by Gasteiger charge is 2.52. The molecule has 0 aliphatic heterocycles. The molecule has 0 fully saturated rings. The fourth-order valence-electron chi connectivity index (χ4n) is 24.8. The van der Waals surface area contributed by atoms with E-state index in [4.69, 9.17) is 0 Å². The van der Waals surface area contributed by atoms with Crippen molar-refractivity contribution in [2.75, 3.05) is 14.7 Å². The Morgan fingerprint density at radius 1 is 0.233 bits per heavy atom. The molecular formula is C143H163N3. The molecule has 0 heterocycles. The molecule has 3 nitrogen and oxygen atoms in total. The second-order valence-corrected chi connectivity index (χ2v) is 48.7. The first-order chi connectivity index (χ1) is 69.8. The highest BCUT2D eigenvalue weighted by atomic mass is 15.2. The SMILES string of the molecule is CCCCCCCCC1(CCCCCCCC)c2cc(C(C)(C)C(C)(C)c3ccc(N(c4ccc(C)cc4)c4ccccccc(N(c5ccc(C)cc5)c5ccc(C(C)(C)C)cc5)c5ccccc45)cc3)ccc2-c2ccc(C(C)(C)C(C)(CC)c3ccc(N(c4ccc(C(C)(C)C(C)(C)c5ccc6c(c5)C(c5ccc(C)cc5)(c5ccc(C)cc5)c5cc(C(C)(C)C)ccc5-6)cc4)c4ccc5c(c4)CC5)cc3)cc21. The molecule has 0 saturated heterocycles. The average Bonchev–Trinajstić information content (AvgIpc) is 1.07. The van der Waals surface area contributed by atoms with Crippen LogP contribution in [0.5, 0.6) is 0 Å². The first kappa shape index (κ1) is 103. The summed E-state index contributed by atoms with van der Waals surface area (Å²) in [4.78, 5) is 7.46. The first-order valence-electron chi connectivity index (χ1n) is 55.5. The van der Waals surface area contributed by atoms with Gasteiger partial charge in [0.1, 0.15) is 0 Å². The van der Waals surface area contributed by atoms with Crippen LogP contribution in [0.3, 0.4) is 0 Å². The van der Waals surface area contributed by atoms with E-state index >= 15 is 0 Å². The van der Waals surface area contributed by atoms with E-state index in [0.717, 1.165) is 82.7 Å². The summed E-state index contributed by atoms with van der Waals surface area (Å²) >= 11 is 0. The zero-order valence-corrected chi connectivity index (χ0v) is 92.8. The molecule has 3 heteroatoms. The van der Waals surface area contributed by atoms with Crippen LogP contribution in [0.1, 0.15) is 346 Å². The van der Waals surface area contributed by atoms with Crippen molar-refractivity contribution in [3.63, 3.8) is 0 Å². The van der Waals surface area contributed by atoms with Crippen molar-refractivity contribution in [3.8, 4) is 22.3 Å². The third kappa shape index (κ3) is 19.2. The molecule has 0 saturated carbocycles. The van der Waals surface area contributed by atoms with Gasteiger partial charge in [0.2, 0.25) is 0 Å². The lowest BCUT2D eigenvalue weighted by atomic mass is 9.58. The van der Waals surface area contributed by atoms with Crippen LogP contribution in [-0.4, -0.2) is 0 Å². The van der Waals surface area contributed by atoms with Crippen molar-refractivity contribution in [1.82, 2.24) is 0 Å². The molecule has 15 aromatic rings. The second-order valence-electron chi connectivity index (χ2n) is 48.7. The highest BCUT2D eigenvalue weighted by Crippen LogP contribution is 2.62. The molecular weight excluding hydrogens is 1760 g/mol. The van der Waals surface area contributed by atoms with Gasteiger partial charge in [-0.15, -0.1) is 0 Å². The van der Waals surface area contributed by atoms with Gasteiger partial charge in [0.05, 0.1) is 16.8 Å². The number of rotatable bonds is 35. The van der Waals surface area contributed by atoms with Crippen molar-refractivity contribution >= 4 is 62.0 Å². The predicted octanol–water partition coefficient (Wildman–Crippen LogP) is 40.6. The second kappa shape index (κ2) is 41.3. The molecule has 0 bridgehead atoms. The van der Waals surface area contributed by atoms with Gasteiger partial charge in [0.25, 0.3) is 0 Å². The number of aryl methyl sites for hydroxylation is 6. The zero-order valence-electron chi connectivity index (χ0n) is 92.8. The Kier molecular flexibility index (Phi) is 29.2. The summed E-state index contributed by atoms with van der Waals surface area (Å²) in [5.74, 6) is 0. The predicted molar refractivity (Wildman–Crippen MR) is 631 cm³/mol. The molecule has 1 atom stereocenters. The Morgan fingerprint density at radius 3 is 0.897 bits per heavy atom. The maximum absolute atomic E-state index is 2.78. The molecule has 3 aliphatic rings. The lowest BCUT2D eigenvalue weighted by molar-refractivity contribution is 0.266. The fourth-order valence-corrected chi connectivity index (χ4v) is 24.8. The summed E-state index contributed by atoms with van der Waals surface area (Å²) in [6.45, 7) is 57.7. The summed E-state index contributed by atoms with van der Waals surface area (Å²) in [6.07, 6.45) is 20.7. The van der Waals surface area contributed by atoms with Crippen LogP contribution in [0.15, 0.2) is 346 Å². The molecule has 0 N–H and O–H groups in total. The van der Waals surface area contributed by atoms with Crippen LogP contribution < -0.4 is 14.7 Å². The van der Waals surface area contributed by atoms with Crippen LogP contribution in [0.25, 0.3) is 33.0 Å². The van der Waals surface area contributed by atoms with Crippen LogP contribution in [0, 0.1) is 27.7 Å². The van der Waals surface area contributed by atoms with Crippen molar-refractivity contribution in [1.29, 1.82) is 0 Å².